The van der Waals surface area contributed by atoms with Gasteiger partial charge >= 0.3 is 5.97 Å². The van der Waals surface area contributed by atoms with Gasteiger partial charge in [0.2, 0.25) is 0 Å². The topological polar surface area (TPSA) is 59.4 Å². The highest BCUT2D eigenvalue weighted by molar-refractivity contribution is 5.88. The molecule has 1 aromatic heterocycles. The smallest absolute Gasteiger partial charge is 0.335 e. The number of hydrogen-bond acceptors (Lipinski definition) is 3. The van der Waals surface area contributed by atoms with E-state index in [1.165, 1.54) is 5.56 Å². The molecular weight excluding hydrogens is 266 g/mol. The van der Waals surface area contributed by atoms with Crippen molar-refractivity contribution in [1.29, 1.82) is 0 Å². The summed E-state index contributed by atoms with van der Waals surface area (Å²) in [5.41, 5.74) is 3.49. The molecule has 0 saturated carbocycles. The first-order valence-corrected chi connectivity index (χ1v) is 7.05. The average Bonchev–Trinajstić information content (AvgIpc) is 2.53. The number of aromatic carboxylic acids is 1. The molecule has 0 amide bonds. The Hall–Kier alpha value is -2.36. The van der Waals surface area contributed by atoms with Crippen LogP contribution in [0.2, 0.25) is 0 Å². The van der Waals surface area contributed by atoms with Gasteiger partial charge < -0.3 is 9.84 Å². The second kappa shape index (κ2) is 5.56. The summed E-state index contributed by atoms with van der Waals surface area (Å²) >= 11 is 0. The number of hydrogen-bond donors (Lipinski definition) is 1. The van der Waals surface area contributed by atoms with E-state index in [2.05, 4.69) is 11.1 Å². The highest BCUT2D eigenvalue weighted by Crippen LogP contribution is 2.39. The lowest BCUT2D eigenvalue weighted by molar-refractivity contribution is 0.0696. The third kappa shape index (κ3) is 2.49. The number of pyridine rings is 1. The Kier molecular flexibility index (Phi) is 3.60. The first kappa shape index (κ1) is 13.6. The van der Waals surface area contributed by atoms with Crippen LogP contribution in [0.15, 0.2) is 36.5 Å². The fourth-order valence-electron chi connectivity index (χ4n) is 3.05. The number of carboxylic acids is 1. The SMILES string of the molecule is COc1ccc(C(=O)O)cc1C1CCCc2cccnc21. The van der Waals surface area contributed by atoms with Crippen LogP contribution in [0.4, 0.5) is 0 Å². The van der Waals surface area contributed by atoms with Gasteiger partial charge in [-0.05, 0) is 49.1 Å². The van der Waals surface area contributed by atoms with E-state index in [1.807, 2.05) is 6.07 Å². The van der Waals surface area contributed by atoms with Crippen LogP contribution >= 0.6 is 0 Å². The van der Waals surface area contributed by atoms with Crippen LogP contribution in [-0.4, -0.2) is 23.2 Å². The van der Waals surface area contributed by atoms with E-state index in [9.17, 15) is 9.90 Å². The first-order chi connectivity index (χ1) is 10.2. The Labute approximate surface area is 123 Å². The lowest BCUT2D eigenvalue weighted by Crippen LogP contribution is -2.14. The molecule has 0 spiro atoms. The Morgan fingerprint density at radius 2 is 2.24 bits per heavy atom. The third-order valence-electron chi connectivity index (χ3n) is 4.05. The molecule has 1 N–H and O–H groups in total. The van der Waals surface area contributed by atoms with Crippen molar-refractivity contribution in [2.24, 2.45) is 0 Å². The molecule has 108 valence electrons. The van der Waals surface area contributed by atoms with Gasteiger partial charge in [-0.3, -0.25) is 4.98 Å². The molecule has 1 heterocycles. The molecule has 1 atom stereocenters. The summed E-state index contributed by atoms with van der Waals surface area (Å²) in [4.78, 5) is 15.7. The standard InChI is InChI=1S/C17H17NO3/c1-21-15-8-7-12(17(19)20)10-14(15)13-6-2-4-11-5-3-9-18-16(11)13/h3,5,7-10,13H,2,4,6H2,1H3,(H,19,20). The van der Waals surface area contributed by atoms with E-state index in [0.29, 0.717) is 0 Å². The summed E-state index contributed by atoms with van der Waals surface area (Å²) in [5, 5.41) is 9.21. The molecular formula is C17H17NO3. The molecule has 2 aromatic rings. The number of ether oxygens (including phenoxy) is 1. The Morgan fingerprint density at radius 1 is 1.38 bits per heavy atom. The molecule has 1 aliphatic rings. The van der Waals surface area contributed by atoms with Crippen molar-refractivity contribution < 1.29 is 14.6 Å². The predicted molar refractivity (Wildman–Crippen MR) is 79.0 cm³/mol. The van der Waals surface area contributed by atoms with Crippen molar-refractivity contribution >= 4 is 5.97 Å². The van der Waals surface area contributed by atoms with Crippen molar-refractivity contribution in [3.63, 3.8) is 0 Å². The molecule has 0 bridgehead atoms. The molecule has 3 rings (SSSR count). The maximum absolute atomic E-state index is 11.2. The van der Waals surface area contributed by atoms with Crippen molar-refractivity contribution in [3.8, 4) is 5.75 Å². The van der Waals surface area contributed by atoms with Gasteiger partial charge in [-0.15, -0.1) is 0 Å². The van der Waals surface area contributed by atoms with E-state index in [-0.39, 0.29) is 11.5 Å². The molecule has 1 aliphatic carbocycles. The summed E-state index contributed by atoms with van der Waals surface area (Å²) in [5.74, 6) is -0.0938. The Morgan fingerprint density at radius 3 is 3.00 bits per heavy atom. The number of carboxylic acid groups (broad SMARTS) is 1. The van der Waals surface area contributed by atoms with Crippen molar-refractivity contribution in [2.45, 2.75) is 25.2 Å². The van der Waals surface area contributed by atoms with Crippen LogP contribution in [-0.2, 0) is 6.42 Å². The van der Waals surface area contributed by atoms with Gasteiger partial charge in [-0.25, -0.2) is 4.79 Å². The van der Waals surface area contributed by atoms with Crippen molar-refractivity contribution in [3.05, 3.63) is 58.9 Å². The van der Waals surface area contributed by atoms with Gasteiger partial charge in [0.15, 0.2) is 0 Å². The van der Waals surface area contributed by atoms with Gasteiger partial charge in [-0.2, -0.15) is 0 Å². The van der Waals surface area contributed by atoms with Crippen LogP contribution in [0.3, 0.4) is 0 Å². The molecule has 0 radical (unpaired) electrons. The fourth-order valence-corrected chi connectivity index (χ4v) is 3.05. The molecule has 1 aromatic carbocycles. The molecule has 0 aliphatic heterocycles. The lowest BCUT2D eigenvalue weighted by Gasteiger charge is -2.26. The number of fused-ring (bicyclic) bond motifs is 1. The zero-order valence-corrected chi connectivity index (χ0v) is 11.9. The highest BCUT2D eigenvalue weighted by Gasteiger charge is 2.26. The van der Waals surface area contributed by atoms with Crippen LogP contribution in [0.5, 0.6) is 5.75 Å². The first-order valence-electron chi connectivity index (χ1n) is 7.05. The number of aryl methyl sites for hydroxylation is 1. The molecule has 0 saturated heterocycles. The number of rotatable bonds is 3. The van der Waals surface area contributed by atoms with Crippen LogP contribution < -0.4 is 4.74 Å². The van der Waals surface area contributed by atoms with Gasteiger partial charge in [0, 0.05) is 17.7 Å². The minimum Gasteiger partial charge on any atom is -0.496 e. The number of methoxy groups -OCH3 is 1. The maximum atomic E-state index is 11.2. The van der Waals surface area contributed by atoms with Gasteiger partial charge in [0.25, 0.3) is 0 Å². The molecule has 4 heteroatoms. The quantitative estimate of drug-likeness (QED) is 0.939. The van der Waals surface area contributed by atoms with Crippen LogP contribution in [0, 0.1) is 0 Å². The summed E-state index contributed by atoms with van der Waals surface area (Å²) in [6.07, 6.45) is 4.86. The minimum atomic E-state index is -0.920. The summed E-state index contributed by atoms with van der Waals surface area (Å²) in [6.45, 7) is 0. The van der Waals surface area contributed by atoms with Gasteiger partial charge in [0.05, 0.1) is 18.4 Å². The van der Waals surface area contributed by atoms with E-state index in [4.69, 9.17) is 4.74 Å². The predicted octanol–water partition coefficient (Wildman–Crippen LogP) is 3.26. The van der Waals surface area contributed by atoms with E-state index in [1.54, 1.807) is 31.5 Å². The number of aromatic nitrogens is 1. The fraction of sp³-hybridized carbons (Fsp3) is 0.294. The van der Waals surface area contributed by atoms with Gasteiger partial charge in [-0.1, -0.05) is 6.07 Å². The normalized spacial score (nSPS) is 17.1. The molecule has 21 heavy (non-hydrogen) atoms. The number of benzene rings is 1. The van der Waals surface area contributed by atoms with E-state index >= 15 is 0 Å². The Bertz CT molecular complexity index is 681. The zero-order valence-electron chi connectivity index (χ0n) is 11.9. The largest absolute Gasteiger partial charge is 0.496 e. The molecule has 4 nitrogen and oxygen atoms in total. The second-order valence-electron chi connectivity index (χ2n) is 5.25. The van der Waals surface area contributed by atoms with Crippen LogP contribution in [0.25, 0.3) is 0 Å². The summed E-state index contributed by atoms with van der Waals surface area (Å²) < 4.78 is 5.43. The van der Waals surface area contributed by atoms with Crippen LogP contribution in [0.1, 0.15) is 45.9 Å². The molecule has 1 unspecified atom stereocenters. The number of carbonyl (C=O) groups is 1. The summed E-state index contributed by atoms with van der Waals surface area (Å²) in [6, 6.07) is 9.08. The minimum absolute atomic E-state index is 0.101. The van der Waals surface area contributed by atoms with Crippen molar-refractivity contribution in [2.75, 3.05) is 7.11 Å². The number of nitrogens with zero attached hydrogens (tertiary/aromatic N) is 1. The Balaban J connectivity index is 2.12. The third-order valence-corrected chi connectivity index (χ3v) is 4.05. The average molecular weight is 283 g/mol. The van der Waals surface area contributed by atoms with Gasteiger partial charge in [0.1, 0.15) is 5.75 Å². The molecule has 0 fully saturated rings. The maximum Gasteiger partial charge on any atom is 0.335 e. The van der Waals surface area contributed by atoms with E-state index in [0.717, 1.165) is 36.3 Å². The second-order valence-corrected chi connectivity index (χ2v) is 5.25. The lowest BCUT2D eigenvalue weighted by atomic mass is 9.81. The zero-order chi connectivity index (χ0) is 14.8. The highest BCUT2D eigenvalue weighted by atomic mass is 16.5. The van der Waals surface area contributed by atoms with Crippen molar-refractivity contribution in [1.82, 2.24) is 4.98 Å². The summed E-state index contributed by atoms with van der Waals surface area (Å²) in [7, 11) is 1.61. The monoisotopic (exact) mass is 283 g/mol. The van der Waals surface area contributed by atoms with E-state index < -0.39 is 5.97 Å².